The molecule has 2 aromatic carbocycles. The average molecular weight is 477 g/mol. The maximum absolute atomic E-state index is 12.8. The quantitative estimate of drug-likeness (QED) is 0.515. The van der Waals surface area contributed by atoms with Crippen LogP contribution in [0.3, 0.4) is 0 Å². The van der Waals surface area contributed by atoms with E-state index in [1.165, 1.54) is 16.5 Å². The van der Waals surface area contributed by atoms with Crippen molar-refractivity contribution in [2.75, 3.05) is 13.2 Å². The number of alkyl carbamates (subject to hydrolysis) is 1. The molecule has 0 fully saturated rings. The third-order valence-electron chi connectivity index (χ3n) is 6.33. The van der Waals surface area contributed by atoms with Gasteiger partial charge in [-0.25, -0.2) is 9.59 Å². The molecular formula is C26H28N4O5. The standard InChI is InChI=1S/C26H28N4O5/c1-4-30(16(2)25(32)33)24(31)23-13-17(28-29(23)3)14-27-26(34)35-15-22-20-11-7-5-9-18(20)19-10-6-8-12-21(19)22/h5-13,16,22H,4,14-15H2,1-3H3,(H,27,34)(H,32,33). The number of hydrogen-bond acceptors (Lipinski definition) is 5. The normalized spacial score (nSPS) is 13.0. The van der Waals surface area contributed by atoms with Gasteiger partial charge in [0.2, 0.25) is 0 Å². The summed E-state index contributed by atoms with van der Waals surface area (Å²) >= 11 is 0. The molecule has 3 aromatic rings. The van der Waals surface area contributed by atoms with Crippen LogP contribution in [-0.4, -0.2) is 57.0 Å². The van der Waals surface area contributed by atoms with Gasteiger partial charge in [-0.3, -0.25) is 9.48 Å². The van der Waals surface area contributed by atoms with Crippen LogP contribution in [0.25, 0.3) is 11.1 Å². The van der Waals surface area contributed by atoms with Gasteiger partial charge in [-0.05, 0) is 42.2 Å². The number of benzene rings is 2. The number of carbonyl (C=O) groups excluding carboxylic acids is 2. The highest BCUT2D eigenvalue weighted by Gasteiger charge is 2.29. The molecule has 1 atom stereocenters. The minimum absolute atomic E-state index is 0.0384. The molecule has 2 N–H and O–H groups in total. The molecule has 0 saturated carbocycles. The van der Waals surface area contributed by atoms with Crippen molar-refractivity contribution in [3.63, 3.8) is 0 Å². The number of fused-ring (bicyclic) bond motifs is 3. The van der Waals surface area contributed by atoms with Crippen LogP contribution in [0.15, 0.2) is 54.6 Å². The number of aryl methyl sites for hydroxylation is 1. The zero-order valence-corrected chi connectivity index (χ0v) is 19.9. The van der Waals surface area contributed by atoms with Gasteiger partial charge in [-0.15, -0.1) is 0 Å². The molecule has 1 aliphatic carbocycles. The van der Waals surface area contributed by atoms with Crippen LogP contribution in [0.5, 0.6) is 0 Å². The Kier molecular flexibility index (Phi) is 6.86. The molecule has 1 heterocycles. The number of likely N-dealkylation sites (N-methyl/N-ethyl adjacent to an activating group) is 1. The first-order chi connectivity index (χ1) is 16.8. The predicted octanol–water partition coefficient (Wildman–Crippen LogP) is 3.39. The van der Waals surface area contributed by atoms with Crippen molar-refractivity contribution in [1.82, 2.24) is 20.0 Å². The van der Waals surface area contributed by atoms with Crippen LogP contribution in [0.4, 0.5) is 4.79 Å². The van der Waals surface area contributed by atoms with Crippen molar-refractivity contribution in [2.45, 2.75) is 32.4 Å². The van der Waals surface area contributed by atoms with Crippen molar-refractivity contribution in [3.05, 3.63) is 77.1 Å². The zero-order chi connectivity index (χ0) is 25.1. The number of carbonyl (C=O) groups is 3. The Hall–Kier alpha value is -4.14. The summed E-state index contributed by atoms with van der Waals surface area (Å²) < 4.78 is 6.92. The van der Waals surface area contributed by atoms with Crippen molar-refractivity contribution in [1.29, 1.82) is 0 Å². The van der Waals surface area contributed by atoms with E-state index in [1.807, 2.05) is 24.3 Å². The lowest BCUT2D eigenvalue weighted by Gasteiger charge is -2.24. The lowest BCUT2D eigenvalue weighted by atomic mass is 9.98. The second-order valence-electron chi connectivity index (χ2n) is 8.43. The van der Waals surface area contributed by atoms with Gasteiger partial charge in [0, 0.05) is 19.5 Å². The molecule has 4 rings (SSSR count). The molecule has 1 aromatic heterocycles. The van der Waals surface area contributed by atoms with Crippen LogP contribution in [0.1, 0.15) is 47.1 Å². The number of hydrogen-bond donors (Lipinski definition) is 2. The van der Waals surface area contributed by atoms with E-state index in [2.05, 4.69) is 34.7 Å². The summed E-state index contributed by atoms with van der Waals surface area (Å²) in [7, 11) is 1.60. The largest absolute Gasteiger partial charge is 0.480 e. The Bertz CT molecular complexity index is 1220. The van der Waals surface area contributed by atoms with E-state index in [9.17, 15) is 19.5 Å². The molecule has 0 radical (unpaired) electrons. The summed E-state index contributed by atoms with van der Waals surface area (Å²) in [5.74, 6) is -1.56. The Labute approximate surface area is 203 Å². The Balaban J connectivity index is 1.37. The molecule has 1 aliphatic rings. The fourth-order valence-electron chi connectivity index (χ4n) is 4.50. The van der Waals surface area contributed by atoms with E-state index in [0.29, 0.717) is 5.69 Å². The number of carboxylic acids is 1. The number of amides is 2. The first-order valence-electron chi connectivity index (χ1n) is 11.5. The van der Waals surface area contributed by atoms with E-state index >= 15 is 0 Å². The van der Waals surface area contributed by atoms with Crippen LogP contribution in [0, 0.1) is 0 Å². The SMILES string of the molecule is CCN(C(=O)c1cc(CNC(=O)OCC2c3ccccc3-c3ccccc32)nn1C)C(C)C(=O)O. The highest BCUT2D eigenvalue weighted by atomic mass is 16.5. The van der Waals surface area contributed by atoms with Crippen LogP contribution in [0.2, 0.25) is 0 Å². The maximum atomic E-state index is 12.8. The van der Waals surface area contributed by atoms with Gasteiger partial charge in [-0.2, -0.15) is 5.10 Å². The maximum Gasteiger partial charge on any atom is 0.407 e. The van der Waals surface area contributed by atoms with E-state index in [4.69, 9.17) is 4.74 Å². The predicted molar refractivity (Wildman–Crippen MR) is 129 cm³/mol. The number of aliphatic carboxylic acids is 1. The summed E-state index contributed by atoms with van der Waals surface area (Å²) in [6.45, 7) is 3.68. The highest BCUT2D eigenvalue weighted by Crippen LogP contribution is 2.44. The first kappa shape index (κ1) is 24.0. The zero-order valence-electron chi connectivity index (χ0n) is 19.9. The van der Waals surface area contributed by atoms with Crippen LogP contribution < -0.4 is 5.32 Å². The fraction of sp³-hybridized carbons (Fsp3) is 0.308. The minimum Gasteiger partial charge on any atom is -0.480 e. The van der Waals surface area contributed by atoms with E-state index < -0.39 is 24.0 Å². The van der Waals surface area contributed by atoms with Gasteiger partial charge in [0.15, 0.2) is 0 Å². The van der Waals surface area contributed by atoms with Crippen LogP contribution in [-0.2, 0) is 23.1 Å². The van der Waals surface area contributed by atoms with E-state index in [-0.39, 0.29) is 31.3 Å². The monoisotopic (exact) mass is 476 g/mol. The van der Waals surface area contributed by atoms with Gasteiger partial charge in [0.1, 0.15) is 18.3 Å². The lowest BCUT2D eigenvalue weighted by Crippen LogP contribution is -2.43. The highest BCUT2D eigenvalue weighted by molar-refractivity contribution is 5.95. The van der Waals surface area contributed by atoms with Crippen molar-refractivity contribution in [3.8, 4) is 11.1 Å². The molecular weight excluding hydrogens is 448 g/mol. The number of rotatable bonds is 8. The van der Waals surface area contributed by atoms with Gasteiger partial charge < -0.3 is 20.1 Å². The summed E-state index contributed by atoms with van der Waals surface area (Å²) in [4.78, 5) is 37.8. The molecule has 0 bridgehead atoms. The Morgan fingerprint density at radius 2 is 1.71 bits per heavy atom. The van der Waals surface area contributed by atoms with Crippen molar-refractivity contribution < 1.29 is 24.2 Å². The third-order valence-corrected chi connectivity index (χ3v) is 6.33. The van der Waals surface area contributed by atoms with Crippen molar-refractivity contribution >= 4 is 18.0 Å². The first-order valence-corrected chi connectivity index (χ1v) is 11.5. The van der Waals surface area contributed by atoms with E-state index in [1.54, 1.807) is 20.0 Å². The van der Waals surface area contributed by atoms with Crippen molar-refractivity contribution in [2.24, 2.45) is 7.05 Å². The molecule has 0 spiro atoms. The van der Waals surface area contributed by atoms with Gasteiger partial charge >= 0.3 is 12.1 Å². The molecule has 2 amide bonds. The average Bonchev–Trinajstić information content (AvgIpc) is 3.39. The molecule has 0 saturated heterocycles. The molecule has 35 heavy (non-hydrogen) atoms. The summed E-state index contributed by atoms with van der Waals surface area (Å²) in [6.07, 6.45) is -0.583. The number of aromatic nitrogens is 2. The summed E-state index contributed by atoms with van der Waals surface area (Å²) in [5.41, 5.74) is 5.27. The smallest absolute Gasteiger partial charge is 0.407 e. The molecule has 9 nitrogen and oxygen atoms in total. The second-order valence-corrected chi connectivity index (χ2v) is 8.43. The molecule has 9 heteroatoms. The summed E-state index contributed by atoms with van der Waals surface area (Å²) in [5, 5.41) is 16.2. The number of nitrogens with zero attached hydrogens (tertiary/aromatic N) is 3. The lowest BCUT2D eigenvalue weighted by molar-refractivity contribution is -0.141. The van der Waals surface area contributed by atoms with Crippen LogP contribution >= 0.6 is 0 Å². The third kappa shape index (κ3) is 4.75. The fourth-order valence-corrected chi connectivity index (χ4v) is 4.50. The Morgan fingerprint density at radius 1 is 1.11 bits per heavy atom. The number of nitrogens with one attached hydrogen (secondary N) is 1. The van der Waals surface area contributed by atoms with Gasteiger partial charge in [-0.1, -0.05) is 48.5 Å². The van der Waals surface area contributed by atoms with Gasteiger partial charge in [0.05, 0.1) is 12.2 Å². The summed E-state index contributed by atoms with van der Waals surface area (Å²) in [6, 6.07) is 16.8. The number of ether oxygens (including phenoxy) is 1. The Morgan fingerprint density at radius 3 is 2.29 bits per heavy atom. The van der Waals surface area contributed by atoms with Gasteiger partial charge in [0.25, 0.3) is 5.91 Å². The second kappa shape index (κ2) is 10.0. The minimum atomic E-state index is -1.08. The molecule has 0 aliphatic heterocycles. The topological polar surface area (TPSA) is 114 Å². The molecule has 1 unspecified atom stereocenters. The number of carboxylic acid groups (broad SMARTS) is 1. The van der Waals surface area contributed by atoms with E-state index in [0.717, 1.165) is 22.3 Å². The molecule has 182 valence electrons.